The predicted molar refractivity (Wildman–Crippen MR) is 73.6 cm³/mol. The van der Waals surface area contributed by atoms with E-state index in [1.54, 1.807) is 19.1 Å². The van der Waals surface area contributed by atoms with E-state index < -0.39 is 4.92 Å². The van der Waals surface area contributed by atoms with Gasteiger partial charge < -0.3 is 10.1 Å². The number of ether oxygens (including phenoxy) is 1. The van der Waals surface area contributed by atoms with E-state index in [2.05, 4.69) is 5.32 Å². The lowest BCUT2D eigenvalue weighted by Crippen LogP contribution is -2.47. The van der Waals surface area contributed by atoms with Gasteiger partial charge in [0.25, 0.3) is 5.69 Å². The minimum Gasteiger partial charge on any atom is -0.379 e. The van der Waals surface area contributed by atoms with Gasteiger partial charge in [-0.1, -0.05) is 12.1 Å². The summed E-state index contributed by atoms with van der Waals surface area (Å²) in [5.74, 6) is -0.249. The van der Waals surface area contributed by atoms with Crippen LogP contribution in [0.1, 0.15) is 6.92 Å². The number of nitro benzene ring substituents is 1. The number of carbonyl (C=O) groups excluding carboxylic acids is 1. The standard InChI is InChI=1S/C13H17N3O4/c1-10(15-6-8-20-9-7-15)13(17)14-11-4-2-3-5-12(11)16(18)19/h2-5,10H,6-9H2,1H3,(H,14,17)/t10-/m1/s1. The van der Waals surface area contributed by atoms with Crippen molar-refractivity contribution in [3.8, 4) is 0 Å². The van der Waals surface area contributed by atoms with Crippen molar-refractivity contribution in [2.24, 2.45) is 0 Å². The Morgan fingerprint density at radius 3 is 2.70 bits per heavy atom. The maximum atomic E-state index is 12.2. The van der Waals surface area contributed by atoms with Crippen LogP contribution in [0.15, 0.2) is 24.3 Å². The highest BCUT2D eigenvalue weighted by molar-refractivity contribution is 5.96. The number of nitrogens with one attached hydrogen (secondary N) is 1. The zero-order valence-corrected chi connectivity index (χ0v) is 11.2. The van der Waals surface area contributed by atoms with Crippen molar-refractivity contribution >= 4 is 17.3 Å². The van der Waals surface area contributed by atoms with Crippen LogP contribution in [0.25, 0.3) is 0 Å². The number of hydrogen-bond donors (Lipinski definition) is 1. The Morgan fingerprint density at radius 1 is 1.40 bits per heavy atom. The molecule has 0 unspecified atom stereocenters. The Labute approximate surface area is 116 Å². The number of anilines is 1. The first-order valence-electron chi connectivity index (χ1n) is 6.45. The van der Waals surface area contributed by atoms with E-state index in [4.69, 9.17) is 4.74 Å². The zero-order valence-electron chi connectivity index (χ0n) is 11.2. The minimum absolute atomic E-state index is 0.102. The molecule has 0 spiro atoms. The van der Waals surface area contributed by atoms with E-state index >= 15 is 0 Å². The lowest BCUT2D eigenvalue weighted by atomic mass is 10.2. The van der Waals surface area contributed by atoms with Crippen LogP contribution in [0.2, 0.25) is 0 Å². The summed E-state index contributed by atoms with van der Waals surface area (Å²) in [5.41, 5.74) is 0.123. The van der Waals surface area contributed by atoms with Crippen molar-refractivity contribution in [1.29, 1.82) is 0 Å². The molecule has 7 heteroatoms. The molecule has 0 aromatic heterocycles. The van der Waals surface area contributed by atoms with E-state index in [0.29, 0.717) is 26.3 Å². The van der Waals surface area contributed by atoms with Gasteiger partial charge >= 0.3 is 0 Å². The lowest BCUT2D eigenvalue weighted by Gasteiger charge is -2.31. The number of rotatable bonds is 4. The van der Waals surface area contributed by atoms with Crippen molar-refractivity contribution in [2.45, 2.75) is 13.0 Å². The lowest BCUT2D eigenvalue weighted by molar-refractivity contribution is -0.383. The number of para-hydroxylation sites is 2. The molecule has 0 radical (unpaired) electrons. The highest BCUT2D eigenvalue weighted by Crippen LogP contribution is 2.23. The molecule has 1 aliphatic heterocycles. The molecule has 2 rings (SSSR count). The van der Waals surface area contributed by atoms with Crippen LogP contribution in [-0.4, -0.2) is 48.1 Å². The summed E-state index contributed by atoms with van der Waals surface area (Å²) in [6.07, 6.45) is 0. The molecule has 1 aromatic carbocycles. The minimum atomic E-state index is -0.505. The largest absolute Gasteiger partial charge is 0.379 e. The molecule has 1 saturated heterocycles. The third-order valence-corrected chi connectivity index (χ3v) is 3.33. The normalized spacial score (nSPS) is 17.4. The zero-order chi connectivity index (χ0) is 14.5. The molecule has 0 saturated carbocycles. The average molecular weight is 279 g/mol. The Kier molecular flexibility index (Phi) is 4.65. The Morgan fingerprint density at radius 2 is 2.05 bits per heavy atom. The number of benzene rings is 1. The molecular weight excluding hydrogens is 262 g/mol. The molecular formula is C13H17N3O4. The van der Waals surface area contributed by atoms with Gasteiger partial charge in [-0.15, -0.1) is 0 Å². The monoisotopic (exact) mass is 279 g/mol. The molecule has 1 atom stereocenters. The fraction of sp³-hybridized carbons (Fsp3) is 0.462. The van der Waals surface area contributed by atoms with Gasteiger partial charge in [0.05, 0.1) is 24.2 Å². The smallest absolute Gasteiger partial charge is 0.292 e. The van der Waals surface area contributed by atoms with E-state index in [0.717, 1.165) is 0 Å². The van der Waals surface area contributed by atoms with Gasteiger partial charge in [0.2, 0.25) is 5.91 Å². The average Bonchev–Trinajstić information content (AvgIpc) is 2.47. The summed E-state index contributed by atoms with van der Waals surface area (Å²) < 4.78 is 5.24. The number of nitro groups is 1. The molecule has 1 fully saturated rings. The fourth-order valence-electron chi connectivity index (χ4n) is 2.11. The second-order valence-corrected chi connectivity index (χ2v) is 4.59. The second-order valence-electron chi connectivity index (χ2n) is 4.59. The molecule has 1 aliphatic rings. The molecule has 1 aromatic rings. The first-order valence-corrected chi connectivity index (χ1v) is 6.45. The van der Waals surface area contributed by atoms with Crippen LogP contribution < -0.4 is 5.32 Å². The third kappa shape index (κ3) is 3.31. The number of amides is 1. The number of carbonyl (C=O) groups is 1. The van der Waals surface area contributed by atoms with Gasteiger partial charge in [-0.25, -0.2) is 0 Å². The summed E-state index contributed by atoms with van der Waals surface area (Å²) in [7, 11) is 0. The van der Waals surface area contributed by atoms with Crippen LogP contribution in [-0.2, 0) is 9.53 Å². The summed E-state index contributed by atoms with van der Waals surface area (Å²) in [4.78, 5) is 24.6. The summed E-state index contributed by atoms with van der Waals surface area (Å²) in [5, 5.41) is 13.5. The predicted octanol–water partition coefficient (Wildman–Crippen LogP) is 1.25. The van der Waals surface area contributed by atoms with E-state index in [9.17, 15) is 14.9 Å². The van der Waals surface area contributed by atoms with Crippen molar-refractivity contribution in [3.05, 3.63) is 34.4 Å². The number of morpholine rings is 1. The van der Waals surface area contributed by atoms with Gasteiger partial charge in [0, 0.05) is 19.2 Å². The topological polar surface area (TPSA) is 84.7 Å². The van der Waals surface area contributed by atoms with Gasteiger partial charge in [-0.2, -0.15) is 0 Å². The van der Waals surface area contributed by atoms with Gasteiger partial charge in [0.1, 0.15) is 5.69 Å². The first kappa shape index (κ1) is 14.4. The van der Waals surface area contributed by atoms with E-state index in [1.807, 2.05) is 4.90 Å². The molecule has 0 aliphatic carbocycles. The SMILES string of the molecule is C[C@H](C(=O)Nc1ccccc1[N+](=O)[O-])N1CCOCC1. The summed E-state index contributed by atoms with van der Waals surface area (Å²) >= 11 is 0. The van der Waals surface area contributed by atoms with Crippen LogP contribution in [0, 0.1) is 10.1 Å². The Balaban J connectivity index is 2.05. The molecule has 7 nitrogen and oxygen atoms in total. The van der Waals surface area contributed by atoms with Gasteiger partial charge in [-0.05, 0) is 13.0 Å². The van der Waals surface area contributed by atoms with Crippen LogP contribution in [0.5, 0.6) is 0 Å². The van der Waals surface area contributed by atoms with Crippen LogP contribution >= 0.6 is 0 Å². The maximum absolute atomic E-state index is 12.2. The number of nitrogens with zero attached hydrogens (tertiary/aromatic N) is 2. The quantitative estimate of drug-likeness (QED) is 0.662. The van der Waals surface area contributed by atoms with Crippen molar-refractivity contribution in [3.63, 3.8) is 0 Å². The van der Waals surface area contributed by atoms with E-state index in [-0.39, 0.29) is 23.3 Å². The highest BCUT2D eigenvalue weighted by Gasteiger charge is 2.24. The number of hydrogen-bond acceptors (Lipinski definition) is 5. The molecule has 1 N–H and O–H groups in total. The third-order valence-electron chi connectivity index (χ3n) is 3.33. The van der Waals surface area contributed by atoms with Crippen molar-refractivity contribution < 1.29 is 14.5 Å². The van der Waals surface area contributed by atoms with Crippen LogP contribution in [0.4, 0.5) is 11.4 Å². The second kappa shape index (κ2) is 6.44. The molecule has 20 heavy (non-hydrogen) atoms. The van der Waals surface area contributed by atoms with Crippen molar-refractivity contribution in [1.82, 2.24) is 4.90 Å². The van der Waals surface area contributed by atoms with Crippen LogP contribution in [0.3, 0.4) is 0 Å². The van der Waals surface area contributed by atoms with Gasteiger partial charge in [0.15, 0.2) is 0 Å². The van der Waals surface area contributed by atoms with Gasteiger partial charge in [-0.3, -0.25) is 19.8 Å². The Hall–Kier alpha value is -1.99. The van der Waals surface area contributed by atoms with Crippen molar-refractivity contribution in [2.75, 3.05) is 31.6 Å². The molecule has 1 amide bonds. The molecule has 1 heterocycles. The van der Waals surface area contributed by atoms with E-state index in [1.165, 1.54) is 12.1 Å². The highest BCUT2D eigenvalue weighted by atomic mass is 16.6. The first-order chi connectivity index (χ1) is 9.59. The maximum Gasteiger partial charge on any atom is 0.292 e. The summed E-state index contributed by atoms with van der Waals surface area (Å²) in [6, 6.07) is 5.77. The molecule has 108 valence electrons. The fourth-order valence-corrected chi connectivity index (χ4v) is 2.11. The summed E-state index contributed by atoms with van der Waals surface area (Å²) in [6.45, 7) is 4.36. The Bertz CT molecular complexity index is 500. The molecule has 0 bridgehead atoms.